The van der Waals surface area contributed by atoms with Crippen LogP contribution in [0.5, 0.6) is 0 Å². The van der Waals surface area contributed by atoms with Crippen LogP contribution in [0.4, 0.5) is 0 Å². The number of carboxylic acids is 1. The Morgan fingerprint density at radius 3 is 2.70 bits per heavy atom. The number of aliphatic hydroxyl groups is 1. The maximum Gasteiger partial charge on any atom is 0.320 e. The van der Waals surface area contributed by atoms with E-state index in [-0.39, 0.29) is 35.2 Å². The molecular weight excluding hydrogens is 384 g/mol. The number of carbonyl (C=O) groups is 1. The summed E-state index contributed by atoms with van der Waals surface area (Å²) in [4.78, 5) is 14.4. The third-order valence-corrected chi connectivity index (χ3v) is 9.63. The fourth-order valence-electron chi connectivity index (χ4n) is 8.51. The predicted molar refractivity (Wildman–Crippen MR) is 111 cm³/mol. The van der Waals surface area contributed by atoms with Crippen molar-refractivity contribution in [3.63, 3.8) is 0 Å². The summed E-state index contributed by atoms with van der Waals surface area (Å²) in [5, 5.41) is 24.2. The Morgan fingerprint density at radius 1 is 1.27 bits per heavy atom. The van der Waals surface area contributed by atoms with Gasteiger partial charge in [-0.3, -0.25) is 10.1 Å². The molecule has 30 heavy (non-hydrogen) atoms. The van der Waals surface area contributed by atoms with Crippen LogP contribution >= 0.6 is 0 Å². The number of carboxylic acid groups (broad SMARTS) is 1. The fraction of sp³-hybridized carbons (Fsp3) is 0.957. The van der Waals surface area contributed by atoms with Crippen LogP contribution in [0.2, 0.25) is 0 Å². The van der Waals surface area contributed by atoms with Gasteiger partial charge in [0.1, 0.15) is 6.04 Å². The molecule has 170 valence electrons. The zero-order chi connectivity index (χ0) is 21.4. The number of methoxy groups -OCH3 is 1. The molecule has 0 amide bonds. The molecule has 3 saturated carbocycles. The van der Waals surface area contributed by atoms with Crippen molar-refractivity contribution in [3.8, 4) is 0 Å². The minimum Gasteiger partial charge on any atom is -0.480 e. The predicted octanol–water partition coefficient (Wildman–Crippen LogP) is 1.48. The van der Waals surface area contributed by atoms with Crippen molar-refractivity contribution in [2.75, 3.05) is 20.7 Å². The molecule has 2 heterocycles. The van der Waals surface area contributed by atoms with Gasteiger partial charge in [0, 0.05) is 30.5 Å². The van der Waals surface area contributed by atoms with Crippen molar-refractivity contribution in [1.82, 2.24) is 10.2 Å². The number of hydrogen-bond acceptors (Lipinski definition) is 6. The minimum absolute atomic E-state index is 0.00674. The second-order valence-corrected chi connectivity index (χ2v) is 10.9. The molecule has 3 N–H and O–H groups in total. The van der Waals surface area contributed by atoms with Crippen LogP contribution in [-0.2, 0) is 14.3 Å². The van der Waals surface area contributed by atoms with Gasteiger partial charge in [0.2, 0.25) is 0 Å². The average molecular weight is 423 g/mol. The molecule has 2 saturated heterocycles. The molecule has 0 radical (unpaired) electrons. The van der Waals surface area contributed by atoms with Crippen LogP contribution < -0.4 is 5.32 Å². The normalized spacial score (nSPS) is 50.9. The van der Waals surface area contributed by atoms with E-state index in [1.807, 2.05) is 21.0 Å². The van der Waals surface area contributed by atoms with Crippen LogP contribution in [0, 0.1) is 23.2 Å². The van der Waals surface area contributed by atoms with Crippen LogP contribution in [0.1, 0.15) is 52.4 Å². The molecule has 0 aromatic carbocycles. The molecule has 2 bridgehead atoms. The highest BCUT2D eigenvalue weighted by atomic mass is 16.5. The number of nitrogens with zero attached hydrogens (tertiary/aromatic N) is 1. The lowest BCUT2D eigenvalue weighted by atomic mass is 9.42. The number of ether oxygens (including phenoxy) is 2. The topological polar surface area (TPSA) is 91.3 Å². The zero-order valence-electron chi connectivity index (χ0n) is 18.7. The van der Waals surface area contributed by atoms with Gasteiger partial charge in [-0.05, 0) is 64.0 Å². The van der Waals surface area contributed by atoms with Gasteiger partial charge in [0.05, 0.1) is 23.9 Å². The third-order valence-electron chi connectivity index (χ3n) is 9.63. The number of piperidine rings is 1. The number of aliphatic hydroxyl groups excluding tert-OH is 1. The maximum absolute atomic E-state index is 11.9. The first kappa shape index (κ1) is 21.1. The van der Waals surface area contributed by atoms with E-state index < -0.39 is 18.1 Å². The van der Waals surface area contributed by atoms with Gasteiger partial charge < -0.3 is 24.6 Å². The summed E-state index contributed by atoms with van der Waals surface area (Å²) in [6, 6.07) is -0.268. The molecule has 10 atom stereocenters. The van der Waals surface area contributed by atoms with E-state index in [9.17, 15) is 15.0 Å². The number of likely N-dealkylation sites (tertiary alicyclic amines) is 1. The SMILES string of the molecule is CO[C@]12CC[C@@H](N[C@@H](C(=O)O)C(C)C)[C@@H]3OC4C(O)CCC5CC1N(C)CC[C@]32C54. The largest absolute Gasteiger partial charge is 0.480 e. The summed E-state index contributed by atoms with van der Waals surface area (Å²) >= 11 is 0. The van der Waals surface area contributed by atoms with Crippen LogP contribution in [0.15, 0.2) is 0 Å². The number of hydrogen-bond donors (Lipinski definition) is 3. The van der Waals surface area contributed by atoms with Gasteiger partial charge >= 0.3 is 5.97 Å². The molecular formula is C23H38N2O5. The lowest BCUT2D eigenvalue weighted by Gasteiger charge is -2.69. The van der Waals surface area contributed by atoms with Gasteiger partial charge in [0.15, 0.2) is 0 Å². The van der Waals surface area contributed by atoms with Gasteiger partial charge in [-0.1, -0.05) is 13.8 Å². The molecule has 1 spiro atoms. The quantitative estimate of drug-likeness (QED) is 0.618. The van der Waals surface area contributed by atoms with Crippen molar-refractivity contribution >= 4 is 5.97 Å². The lowest BCUT2D eigenvalue weighted by molar-refractivity contribution is -0.269. The van der Waals surface area contributed by atoms with Crippen molar-refractivity contribution < 1.29 is 24.5 Å². The number of likely N-dealkylation sites (N-methyl/N-ethyl adjacent to an activating group) is 1. The highest BCUT2D eigenvalue weighted by molar-refractivity contribution is 5.73. The zero-order valence-corrected chi connectivity index (χ0v) is 18.7. The monoisotopic (exact) mass is 422 g/mol. The van der Waals surface area contributed by atoms with E-state index in [0.717, 1.165) is 45.1 Å². The fourth-order valence-corrected chi connectivity index (χ4v) is 8.51. The second-order valence-electron chi connectivity index (χ2n) is 10.9. The number of rotatable bonds is 5. The maximum atomic E-state index is 11.9. The highest BCUT2D eigenvalue weighted by Gasteiger charge is 2.78. The molecule has 0 aromatic rings. The number of aliphatic carboxylic acids is 1. The Kier molecular flexibility index (Phi) is 5.03. The lowest BCUT2D eigenvalue weighted by Crippen LogP contribution is -2.78. The van der Waals surface area contributed by atoms with E-state index in [2.05, 4.69) is 17.3 Å². The van der Waals surface area contributed by atoms with Crippen LogP contribution in [0.3, 0.4) is 0 Å². The Bertz CT molecular complexity index is 703. The van der Waals surface area contributed by atoms with Crippen molar-refractivity contribution in [2.45, 2.75) is 94.4 Å². The van der Waals surface area contributed by atoms with Crippen molar-refractivity contribution in [2.24, 2.45) is 23.2 Å². The summed E-state index contributed by atoms with van der Waals surface area (Å²) in [7, 11) is 4.09. The standard InChI is InChI=1S/C23H38N2O5/c1-12(2)18(21(27)28)24-14-7-8-23(29-4)16-11-13-5-6-15(26)19-17(13)22(23,20(14)30-19)9-10-25(16)3/h12-20,24,26H,5-11H2,1-4H3,(H,27,28)/t13?,14-,15?,16?,17?,18-,19?,20+,22+,23-/m1/s1. The highest BCUT2D eigenvalue weighted by Crippen LogP contribution is 2.70. The molecule has 0 aromatic heterocycles. The van der Waals surface area contributed by atoms with Crippen molar-refractivity contribution in [3.05, 3.63) is 0 Å². The Balaban J connectivity index is 1.59. The third kappa shape index (κ3) is 2.53. The molecule has 5 aliphatic rings. The van der Waals surface area contributed by atoms with E-state index >= 15 is 0 Å². The summed E-state index contributed by atoms with van der Waals surface area (Å²) < 4.78 is 13.3. The summed E-state index contributed by atoms with van der Waals surface area (Å²) in [6.45, 7) is 4.90. The molecule has 5 unspecified atom stereocenters. The van der Waals surface area contributed by atoms with E-state index in [4.69, 9.17) is 9.47 Å². The summed E-state index contributed by atoms with van der Waals surface area (Å²) in [5.74, 6) is 0.0265. The van der Waals surface area contributed by atoms with Gasteiger partial charge in [-0.25, -0.2) is 0 Å². The van der Waals surface area contributed by atoms with Crippen molar-refractivity contribution in [1.29, 1.82) is 0 Å². The van der Waals surface area contributed by atoms with E-state index in [1.165, 1.54) is 0 Å². The molecule has 5 fully saturated rings. The Morgan fingerprint density at radius 2 is 2.03 bits per heavy atom. The second kappa shape index (κ2) is 7.14. The smallest absolute Gasteiger partial charge is 0.320 e. The minimum atomic E-state index is -0.802. The van der Waals surface area contributed by atoms with E-state index in [0.29, 0.717) is 17.9 Å². The summed E-state index contributed by atoms with van der Waals surface area (Å²) in [5.41, 5.74) is -0.448. The first-order valence-electron chi connectivity index (χ1n) is 11.8. The molecule has 7 heteroatoms. The molecule has 2 aliphatic heterocycles. The summed E-state index contributed by atoms with van der Waals surface area (Å²) in [6.07, 6.45) is 4.98. The van der Waals surface area contributed by atoms with Crippen LogP contribution in [-0.4, -0.2) is 83.8 Å². The van der Waals surface area contributed by atoms with Gasteiger partial charge in [-0.2, -0.15) is 0 Å². The Hall–Kier alpha value is -0.730. The van der Waals surface area contributed by atoms with E-state index in [1.54, 1.807) is 0 Å². The first-order valence-corrected chi connectivity index (χ1v) is 11.8. The molecule has 3 aliphatic carbocycles. The Labute approximate surface area is 179 Å². The molecule has 5 rings (SSSR count). The van der Waals surface area contributed by atoms with Gasteiger partial charge in [-0.15, -0.1) is 0 Å². The molecule has 7 nitrogen and oxygen atoms in total. The van der Waals surface area contributed by atoms with Gasteiger partial charge in [0.25, 0.3) is 0 Å². The van der Waals surface area contributed by atoms with Crippen LogP contribution in [0.25, 0.3) is 0 Å². The number of nitrogens with one attached hydrogen (secondary N) is 1. The average Bonchev–Trinajstić information content (AvgIpc) is 3.06. The first-order chi connectivity index (χ1) is 14.3.